The predicted octanol–water partition coefficient (Wildman–Crippen LogP) is -0.438. The first-order valence-electron chi connectivity index (χ1n) is 5.79. The molecule has 20 heavy (non-hydrogen) atoms. The molecule has 0 aromatic rings. The van der Waals surface area contributed by atoms with E-state index in [4.69, 9.17) is 9.84 Å². The quantitative estimate of drug-likeness (QED) is 0.367. The van der Waals surface area contributed by atoms with E-state index >= 15 is 0 Å². The van der Waals surface area contributed by atoms with Gasteiger partial charge in [-0.15, -0.1) is 0 Å². The smallest absolute Gasteiger partial charge is 0.550 e. The number of esters is 1. The van der Waals surface area contributed by atoms with Crippen LogP contribution in [0.3, 0.4) is 0 Å². The number of aliphatic carboxylic acids is 2. The van der Waals surface area contributed by atoms with Crippen LogP contribution in [0.15, 0.2) is 12.7 Å². The number of carbonyl (C=O) groups excluding carboxylic acids is 2. The van der Waals surface area contributed by atoms with E-state index in [1.54, 1.807) is 0 Å². The molecule has 3 fully saturated rings. The SMILES string of the molecule is C=CC(=O)O.O=C([O-])C1C2CC3C(OC(=O)C31)C2Br.[Zr+4]. The van der Waals surface area contributed by atoms with Gasteiger partial charge in [0.2, 0.25) is 0 Å². The van der Waals surface area contributed by atoms with Crippen LogP contribution in [0.4, 0.5) is 0 Å². The van der Waals surface area contributed by atoms with Crippen molar-refractivity contribution < 1.29 is 55.5 Å². The van der Waals surface area contributed by atoms with Crippen LogP contribution in [0, 0.1) is 23.7 Å². The Kier molecular flexibility index (Phi) is 5.73. The molecule has 3 aliphatic rings. The zero-order valence-corrected chi connectivity index (χ0v) is 14.4. The Bertz CT molecular complexity index is 453. The Morgan fingerprint density at radius 3 is 2.45 bits per heavy atom. The summed E-state index contributed by atoms with van der Waals surface area (Å²) in [7, 11) is 0. The summed E-state index contributed by atoms with van der Waals surface area (Å²) in [5, 5.41) is 18.5. The van der Waals surface area contributed by atoms with E-state index in [0.29, 0.717) is 0 Å². The number of carboxylic acid groups (broad SMARTS) is 2. The van der Waals surface area contributed by atoms with Gasteiger partial charge in [0.15, 0.2) is 0 Å². The summed E-state index contributed by atoms with van der Waals surface area (Å²) in [6.07, 6.45) is 1.50. The maximum Gasteiger partial charge on any atom is 4.00 e. The van der Waals surface area contributed by atoms with Crippen molar-refractivity contribution in [3.8, 4) is 0 Å². The molecular weight excluding hydrogens is 411 g/mol. The van der Waals surface area contributed by atoms with Gasteiger partial charge >= 0.3 is 38.1 Å². The van der Waals surface area contributed by atoms with E-state index in [-0.39, 0.29) is 54.9 Å². The average molecular weight is 423 g/mol. The van der Waals surface area contributed by atoms with Gasteiger partial charge in [0.05, 0.1) is 10.7 Å². The van der Waals surface area contributed by atoms with Crippen molar-refractivity contribution in [2.75, 3.05) is 0 Å². The van der Waals surface area contributed by atoms with Crippen molar-refractivity contribution in [3.63, 3.8) is 0 Å². The van der Waals surface area contributed by atoms with E-state index in [1.165, 1.54) is 0 Å². The van der Waals surface area contributed by atoms with Gasteiger partial charge in [-0.05, 0) is 12.3 Å². The molecule has 1 saturated heterocycles. The van der Waals surface area contributed by atoms with E-state index in [0.717, 1.165) is 12.5 Å². The van der Waals surface area contributed by atoms with Gasteiger partial charge in [-0.1, -0.05) is 22.5 Å². The second-order valence-corrected chi connectivity index (χ2v) is 5.88. The Balaban J connectivity index is 0.000000293. The van der Waals surface area contributed by atoms with Crippen molar-refractivity contribution in [1.29, 1.82) is 0 Å². The first-order chi connectivity index (χ1) is 8.88. The summed E-state index contributed by atoms with van der Waals surface area (Å²) in [5.74, 6) is -3.42. The maximum atomic E-state index is 11.4. The van der Waals surface area contributed by atoms with Crippen molar-refractivity contribution >= 4 is 33.8 Å². The minimum atomic E-state index is -1.11. The number of hydrogen-bond acceptors (Lipinski definition) is 5. The molecule has 1 N–H and O–H groups in total. The molecular formula is C12H12BrO6Zr+3. The normalized spacial score (nSPS) is 39.1. The number of carboxylic acids is 2. The maximum absolute atomic E-state index is 11.4. The Morgan fingerprint density at radius 2 is 2.00 bits per heavy atom. The molecule has 6 unspecified atom stereocenters. The largest absolute Gasteiger partial charge is 4.00 e. The molecule has 3 rings (SSSR count). The van der Waals surface area contributed by atoms with Gasteiger partial charge in [0.25, 0.3) is 0 Å². The molecule has 0 spiro atoms. The van der Waals surface area contributed by atoms with Crippen molar-refractivity contribution in [1.82, 2.24) is 0 Å². The van der Waals surface area contributed by atoms with E-state index in [2.05, 4.69) is 22.5 Å². The van der Waals surface area contributed by atoms with Crippen molar-refractivity contribution in [2.45, 2.75) is 17.4 Å². The molecule has 1 heterocycles. The fraction of sp³-hybridized carbons (Fsp3) is 0.583. The third kappa shape index (κ3) is 2.77. The van der Waals surface area contributed by atoms with Crippen LogP contribution in [-0.2, 0) is 45.3 Å². The first-order valence-corrected chi connectivity index (χ1v) is 6.70. The van der Waals surface area contributed by atoms with Crippen molar-refractivity contribution in [2.24, 2.45) is 23.7 Å². The molecule has 2 saturated carbocycles. The van der Waals surface area contributed by atoms with Gasteiger partial charge in [0, 0.05) is 23.9 Å². The van der Waals surface area contributed by atoms with Crippen LogP contribution in [-0.4, -0.2) is 33.9 Å². The monoisotopic (exact) mass is 421 g/mol. The molecule has 6 atom stereocenters. The van der Waals surface area contributed by atoms with Gasteiger partial charge in [0.1, 0.15) is 6.10 Å². The molecule has 0 aromatic heterocycles. The summed E-state index contributed by atoms with van der Waals surface area (Å²) in [4.78, 5) is 31.6. The molecule has 0 aromatic carbocycles. The molecule has 1 aliphatic heterocycles. The van der Waals surface area contributed by atoms with Gasteiger partial charge in [-0.3, -0.25) is 4.79 Å². The van der Waals surface area contributed by atoms with Crippen LogP contribution >= 0.6 is 15.9 Å². The molecule has 0 radical (unpaired) electrons. The molecule has 2 aliphatic carbocycles. The number of rotatable bonds is 2. The third-order valence-electron chi connectivity index (χ3n) is 3.97. The second-order valence-electron chi connectivity index (χ2n) is 4.82. The fourth-order valence-corrected chi connectivity index (χ4v) is 4.34. The summed E-state index contributed by atoms with van der Waals surface area (Å²) >= 11 is 3.42. The van der Waals surface area contributed by atoms with Crippen molar-refractivity contribution in [3.05, 3.63) is 12.7 Å². The van der Waals surface area contributed by atoms with Crippen LogP contribution in [0.5, 0.6) is 0 Å². The van der Waals surface area contributed by atoms with E-state index < -0.39 is 23.8 Å². The number of carbonyl (C=O) groups is 3. The Labute approximate surface area is 142 Å². The van der Waals surface area contributed by atoms with Crippen LogP contribution in [0.1, 0.15) is 6.42 Å². The number of fused-ring (bicyclic) bond motifs is 1. The summed E-state index contributed by atoms with van der Waals surface area (Å²) in [5.41, 5.74) is 0. The number of ether oxygens (including phenoxy) is 1. The number of halogens is 1. The Hall–Kier alpha value is -0.487. The van der Waals surface area contributed by atoms with E-state index in [1.807, 2.05) is 0 Å². The topological polar surface area (TPSA) is 104 Å². The zero-order chi connectivity index (χ0) is 14.3. The number of hydrogen-bond donors (Lipinski definition) is 1. The summed E-state index contributed by atoms with van der Waals surface area (Å²) < 4.78 is 5.15. The average Bonchev–Trinajstić information content (AvgIpc) is 2.93. The molecule has 104 valence electrons. The van der Waals surface area contributed by atoms with Gasteiger partial charge in [-0.25, -0.2) is 4.79 Å². The second kappa shape index (κ2) is 6.52. The minimum absolute atomic E-state index is 0. The summed E-state index contributed by atoms with van der Waals surface area (Å²) in [6.45, 7) is 2.96. The summed E-state index contributed by atoms with van der Waals surface area (Å²) in [6, 6.07) is 0. The third-order valence-corrected chi connectivity index (χ3v) is 5.17. The standard InChI is InChI=1S/C9H9BrO4.C3H4O2.Zr/c10-6-2-1-3-5(4(2)8(11)12)9(13)14-7(3)6;1-2-3(4)5;/h2-7H,1H2,(H,11,12);2H,1H2,(H,4,5);/q;;+4/p-1. The minimum Gasteiger partial charge on any atom is -0.550 e. The van der Waals surface area contributed by atoms with Crippen LogP contribution in [0.2, 0.25) is 0 Å². The number of alkyl halides is 1. The van der Waals surface area contributed by atoms with E-state index in [9.17, 15) is 19.5 Å². The molecule has 2 bridgehead atoms. The molecule has 6 nitrogen and oxygen atoms in total. The molecule has 8 heteroatoms. The van der Waals surface area contributed by atoms with Gasteiger partial charge < -0.3 is 19.7 Å². The van der Waals surface area contributed by atoms with Crippen LogP contribution in [0.25, 0.3) is 0 Å². The van der Waals surface area contributed by atoms with Crippen LogP contribution < -0.4 is 5.11 Å². The Morgan fingerprint density at radius 1 is 1.45 bits per heavy atom. The first kappa shape index (κ1) is 17.6. The molecule has 0 amide bonds. The zero-order valence-electron chi connectivity index (χ0n) is 10.3. The van der Waals surface area contributed by atoms with Gasteiger partial charge in [-0.2, -0.15) is 0 Å². The predicted molar refractivity (Wildman–Crippen MR) is 64.0 cm³/mol. The fourth-order valence-electron chi connectivity index (χ4n) is 3.29.